The lowest BCUT2D eigenvalue weighted by atomic mass is 10.0. The number of ether oxygens (including phenoxy) is 2. The highest BCUT2D eigenvalue weighted by molar-refractivity contribution is 7.22. The Labute approximate surface area is 303 Å². The fourth-order valence-corrected chi connectivity index (χ4v) is 6.65. The average Bonchev–Trinajstić information content (AvgIpc) is 3.84. The van der Waals surface area contributed by atoms with Gasteiger partial charge in [-0.05, 0) is 48.6 Å². The van der Waals surface area contributed by atoms with Crippen molar-refractivity contribution in [3.05, 3.63) is 66.2 Å². The maximum Gasteiger partial charge on any atom is 0.329 e. The number of anilines is 1. The lowest BCUT2D eigenvalue weighted by molar-refractivity contribution is -0.156. The van der Waals surface area contributed by atoms with Gasteiger partial charge in [-0.1, -0.05) is 19.9 Å². The number of nitrogens with zero attached hydrogens (tertiary/aromatic N) is 4. The minimum atomic E-state index is -0.875. The van der Waals surface area contributed by atoms with Crippen LogP contribution in [0.5, 0.6) is 11.5 Å². The molecule has 14 nitrogen and oxygen atoms in total. The molecule has 0 unspecified atom stereocenters. The number of urea groups is 1. The quantitative estimate of drug-likeness (QED) is 0.148. The van der Waals surface area contributed by atoms with Crippen molar-refractivity contribution in [3.63, 3.8) is 0 Å². The van der Waals surface area contributed by atoms with Crippen LogP contribution in [0.4, 0.5) is 14.9 Å². The topological polar surface area (TPSA) is 181 Å². The van der Waals surface area contributed by atoms with Gasteiger partial charge in [0.15, 0.2) is 18.2 Å². The monoisotopic (exact) mass is 732 g/mol. The van der Waals surface area contributed by atoms with Crippen molar-refractivity contribution in [1.29, 1.82) is 0 Å². The van der Waals surface area contributed by atoms with E-state index >= 15 is 0 Å². The molecule has 0 spiro atoms. The number of halogens is 1. The molecular formula is C36H41FN8O6S. The van der Waals surface area contributed by atoms with Gasteiger partial charge in [0.05, 0.1) is 27.3 Å². The van der Waals surface area contributed by atoms with E-state index in [1.54, 1.807) is 37.1 Å². The smallest absolute Gasteiger partial charge is 0.329 e. The van der Waals surface area contributed by atoms with Gasteiger partial charge in [0.1, 0.15) is 11.8 Å². The van der Waals surface area contributed by atoms with Gasteiger partial charge >= 0.3 is 12.0 Å². The Morgan fingerprint density at radius 1 is 1.02 bits per heavy atom. The van der Waals surface area contributed by atoms with Gasteiger partial charge in [0.2, 0.25) is 5.91 Å². The number of rotatable bonds is 13. The molecule has 0 radical (unpaired) electrons. The summed E-state index contributed by atoms with van der Waals surface area (Å²) in [4.78, 5) is 62.8. The predicted octanol–water partition coefficient (Wildman–Crippen LogP) is 3.86. The average molecular weight is 733 g/mol. The Hall–Kier alpha value is -5.19. The number of pyridine rings is 2. The zero-order valence-electron chi connectivity index (χ0n) is 28.9. The van der Waals surface area contributed by atoms with E-state index in [0.717, 1.165) is 33.7 Å². The van der Waals surface area contributed by atoms with Crippen LogP contribution in [0, 0.1) is 11.7 Å². The number of thiophene rings is 1. The van der Waals surface area contributed by atoms with E-state index in [4.69, 9.17) is 20.2 Å². The summed E-state index contributed by atoms with van der Waals surface area (Å²) in [5.74, 6) is -1.77. The van der Waals surface area contributed by atoms with Crippen LogP contribution >= 0.6 is 11.3 Å². The molecule has 0 bridgehead atoms. The van der Waals surface area contributed by atoms with Gasteiger partial charge in [0, 0.05) is 69.0 Å². The number of benzene rings is 1. The zero-order chi connectivity index (χ0) is 36.8. The van der Waals surface area contributed by atoms with Crippen LogP contribution in [0.2, 0.25) is 0 Å². The first-order chi connectivity index (χ1) is 25.1. The van der Waals surface area contributed by atoms with E-state index in [1.165, 1.54) is 23.5 Å². The first-order valence-electron chi connectivity index (χ1n) is 17.1. The fraction of sp³-hybridized carbons (Fsp3) is 0.389. The summed E-state index contributed by atoms with van der Waals surface area (Å²) in [6.45, 7) is 5.81. The summed E-state index contributed by atoms with van der Waals surface area (Å²) >= 11 is 1.44. The first kappa shape index (κ1) is 36.6. The van der Waals surface area contributed by atoms with Crippen LogP contribution < -0.4 is 26.4 Å². The third-order valence-corrected chi connectivity index (χ3v) is 9.83. The third-order valence-electron chi connectivity index (χ3n) is 8.67. The van der Waals surface area contributed by atoms with Crippen molar-refractivity contribution in [2.75, 3.05) is 44.6 Å². The first-order valence-corrected chi connectivity index (χ1v) is 17.9. The van der Waals surface area contributed by atoms with Gasteiger partial charge in [-0.3, -0.25) is 24.5 Å². The number of hydrogen-bond donors (Lipinski definition) is 4. The minimum Gasteiger partial charge on any atom is -0.454 e. The molecule has 16 heteroatoms. The van der Waals surface area contributed by atoms with E-state index in [0.29, 0.717) is 49.7 Å². The summed E-state index contributed by atoms with van der Waals surface area (Å²) in [5, 5.41) is 7.98. The number of nitrogens with two attached hydrogens (primary N) is 1. The molecule has 5 N–H and O–H groups in total. The molecular weight excluding hydrogens is 692 g/mol. The van der Waals surface area contributed by atoms with Crippen LogP contribution in [0.25, 0.3) is 20.8 Å². The highest BCUT2D eigenvalue weighted by Crippen LogP contribution is 2.39. The SMILES string of the molecule is CC(C)[C@H](NC(=O)CN)C(=O)OCC(=O)N1CCN(Cc2ccc(-c3cc4nccc(Oc5ccc(NC(=O)NC6CC6)cc5F)c4s3)nc2)CC1. The highest BCUT2D eigenvalue weighted by Gasteiger charge is 2.28. The summed E-state index contributed by atoms with van der Waals surface area (Å²) in [6, 6.07) is 10.8. The molecule has 4 amide bonds. The number of amides is 4. The van der Waals surface area contributed by atoms with Gasteiger partial charge in [-0.15, -0.1) is 11.3 Å². The standard InChI is InChI=1S/C36H41FN8O6S/c1-21(2)33(43-31(46)17-38)35(48)50-20-32(47)45-13-11-44(12-14-45)19-22-3-7-26(40-18-22)30-16-27-34(52-30)29(9-10-39-27)51-28-8-6-24(15-25(28)37)42-36(49)41-23-4-5-23/h3,6-10,15-16,18,21,23,33H,4-5,11-14,17,19-20,38H2,1-2H3,(H,43,46)(H2,41,42,49)/t33-/m0/s1. The van der Waals surface area contributed by atoms with E-state index in [2.05, 4.69) is 25.8 Å². The highest BCUT2D eigenvalue weighted by atomic mass is 32.1. The molecule has 2 aliphatic rings. The Balaban J connectivity index is 1.00. The molecule has 2 fully saturated rings. The number of hydrogen-bond acceptors (Lipinski definition) is 11. The molecule has 1 aliphatic carbocycles. The van der Waals surface area contributed by atoms with Crippen molar-refractivity contribution in [3.8, 4) is 22.1 Å². The maximum absolute atomic E-state index is 15.0. The van der Waals surface area contributed by atoms with Gasteiger partial charge in [-0.2, -0.15) is 0 Å². The second-order valence-electron chi connectivity index (χ2n) is 13.1. The number of esters is 1. The molecule has 1 atom stereocenters. The molecule has 1 aromatic carbocycles. The lowest BCUT2D eigenvalue weighted by Crippen LogP contribution is -2.50. The molecule has 4 heterocycles. The normalized spacial score (nSPS) is 15.3. The van der Waals surface area contributed by atoms with Crippen molar-refractivity contribution in [1.82, 2.24) is 30.4 Å². The number of fused-ring (bicyclic) bond motifs is 1. The zero-order valence-corrected chi connectivity index (χ0v) is 29.7. The molecule has 1 aliphatic heterocycles. The Morgan fingerprint density at radius 2 is 1.81 bits per heavy atom. The molecule has 4 aromatic rings. The van der Waals surface area contributed by atoms with Crippen LogP contribution in [0.3, 0.4) is 0 Å². The minimum absolute atomic E-state index is 0.0248. The molecule has 1 saturated heterocycles. The Morgan fingerprint density at radius 3 is 2.48 bits per heavy atom. The number of carbonyl (C=O) groups is 4. The lowest BCUT2D eigenvalue weighted by Gasteiger charge is -2.34. The van der Waals surface area contributed by atoms with E-state index < -0.39 is 30.3 Å². The maximum atomic E-state index is 15.0. The van der Waals surface area contributed by atoms with Gasteiger partial charge < -0.3 is 36.1 Å². The second-order valence-corrected chi connectivity index (χ2v) is 14.1. The molecule has 274 valence electrons. The molecule has 3 aromatic heterocycles. The van der Waals surface area contributed by atoms with Gasteiger partial charge in [0.25, 0.3) is 5.91 Å². The molecule has 1 saturated carbocycles. The summed E-state index contributed by atoms with van der Waals surface area (Å²) in [5.41, 5.74) is 8.13. The number of piperazine rings is 1. The second kappa shape index (κ2) is 16.4. The predicted molar refractivity (Wildman–Crippen MR) is 193 cm³/mol. The largest absolute Gasteiger partial charge is 0.454 e. The van der Waals surface area contributed by atoms with E-state index in [9.17, 15) is 23.6 Å². The molecule has 6 rings (SSSR count). The number of aromatic nitrogens is 2. The van der Waals surface area contributed by atoms with Crippen molar-refractivity contribution >= 4 is 51.1 Å². The van der Waals surface area contributed by atoms with E-state index in [1.807, 2.05) is 24.4 Å². The third kappa shape index (κ3) is 9.37. The number of nitrogens with one attached hydrogen (secondary N) is 3. The Kier molecular flexibility index (Phi) is 11.6. The van der Waals surface area contributed by atoms with Crippen molar-refractivity contribution in [2.24, 2.45) is 11.7 Å². The van der Waals surface area contributed by atoms with Gasteiger partial charge in [-0.25, -0.2) is 14.0 Å². The van der Waals surface area contributed by atoms with Crippen molar-refractivity contribution in [2.45, 2.75) is 45.3 Å². The molecule has 52 heavy (non-hydrogen) atoms. The number of carbonyl (C=O) groups excluding carboxylic acids is 4. The van der Waals surface area contributed by atoms with Crippen LogP contribution in [0.1, 0.15) is 32.3 Å². The van der Waals surface area contributed by atoms with Crippen LogP contribution in [-0.2, 0) is 25.7 Å². The Bertz CT molecular complexity index is 1930. The fourth-order valence-electron chi connectivity index (χ4n) is 5.60. The van der Waals surface area contributed by atoms with Crippen molar-refractivity contribution < 1.29 is 33.0 Å². The van der Waals surface area contributed by atoms with Crippen LogP contribution in [0.15, 0.2) is 54.9 Å². The summed E-state index contributed by atoms with van der Waals surface area (Å²) < 4.78 is 26.9. The van der Waals surface area contributed by atoms with Crippen LogP contribution in [-0.4, -0.2) is 95.0 Å². The van der Waals surface area contributed by atoms with E-state index in [-0.39, 0.29) is 36.2 Å². The summed E-state index contributed by atoms with van der Waals surface area (Å²) in [6.07, 6.45) is 5.34. The summed E-state index contributed by atoms with van der Waals surface area (Å²) in [7, 11) is 0.